The van der Waals surface area contributed by atoms with Gasteiger partial charge in [0.1, 0.15) is 0 Å². The van der Waals surface area contributed by atoms with Crippen LogP contribution in [0.2, 0.25) is 10.0 Å². The average Bonchev–Trinajstić information content (AvgIpc) is 2.64. The molecular formula is C16H14Cl2F3N5O2. The molecule has 1 aliphatic heterocycles. The van der Waals surface area contributed by atoms with Crippen molar-refractivity contribution in [2.24, 2.45) is 11.5 Å². The van der Waals surface area contributed by atoms with Gasteiger partial charge in [-0.3, -0.25) is 10.6 Å². The lowest BCUT2D eigenvalue weighted by molar-refractivity contribution is -0.204. The lowest BCUT2D eigenvalue weighted by Crippen LogP contribution is -2.60. The van der Waals surface area contributed by atoms with E-state index in [1.54, 1.807) is 24.3 Å². The topological polar surface area (TPSA) is 97.7 Å². The molecule has 0 amide bonds. The molecule has 3 rings (SSSR count). The van der Waals surface area contributed by atoms with Gasteiger partial charge in [0.2, 0.25) is 0 Å². The van der Waals surface area contributed by atoms with Crippen molar-refractivity contribution in [2.45, 2.75) is 18.6 Å². The molecule has 0 fully saturated rings. The Morgan fingerprint density at radius 3 is 2.54 bits per heavy atom. The van der Waals surface area contributed by atoms with Crippen molar-refractivity contribution >= 4 is 35.0 Å². The van der Waals surface area contributed by atoms with Gasteiger partial charge in [-0.25, -0.2) is 9.78 Å². The fourth-order valence-electron chi connectivity index (χ4n) is 2.63. The Morgan fingerprint density at radius 1 is 1.21 bits per heavy atom. The van der Waals surface area contributed by atoms with Crippen LogP contribution < -0.4 is 16.5 Å². The van der Waals surface area contributed by atoms with E-state index >= 15 is 0 Å². The number of nitrogens with two attached hydrogens (primary N) is 2. The van der Waals surface area contributed by atoms with Crippen LogP contribution >= 0.6 is 23.2 Å². The second-order valence-corrected chi connectivity index (χ2v) is 6.72. The molecule has 0 bridgehead atoms. The molecule has 0 spiro atoms. The fraction of sp³-hybridized carbons (Fsp3) is 0.250. The van der Waals surface area contributed by atoms with E-state index in [0.29, 0.717) is 16.2 Å². The number of aromatic nitrogens is 1. The van der Waals surface area contributed by atoms with Crippen molar-refractivity contribution in [3.63, 3.8) is 0 Å². The Kier molecular flexibility index (Phi) is 5.43. The number of alkyl halides is 3. The summed E-state index contributed by atoms with van der Waals surface area (Å²) in [5, 5.41) is 1.04. The molecule has 2 unspecified atom stereocenters. The number of carbonyl (C=O) groups is 1. The molecule has 1 aliphatic rings. The zero-order valence-corrected chi connectivity index (χ0v) is 15.8. The van der Waals surface area contributed by atoms with Crippen LogP contribution in [0.4, 0.5) is 19.0 Å². The SMILES string of the molecule is CN1C(N)c2ccc(-c3cccc(Cl)c3Cl)nc2N(OC(=O)C(F)(F)F)C1N. The van der Waals surface area contributed by atoms with E-state index in [0.717, 1.165) is 0 Å². The monoisotopic (exact) mass is 435 g/mol. The van der Waals surface area contributed by atoms with Gasteiger partial charge >= 0.3 is 12.1 Å². The molecule has 0 radical (unpaired) electrons. The van der Waals surface area contributed by atoms with Crippen LogP contribution in [0.1, 0.15) is 11.7 Å². The molecule has 0 aliphatic carbocycles. The Labute approximate surface area is 167 Å². The van der Waals surface area contributed by atoms with Crippen molar-refractivity contribution in [2.75, 3.05) is 12.1 Å². The van der Waals surface area contributed by atoms with E-state index in [1.165, 1.54) is 18.0 Å². The fourth-order valence-corrected chi connectivity index (χ4v) is 3.03. The van der Waals surface area contributed by atoms with Crippen molar-refractivity contribution in [1.82, 2.24) is 9.88 Å². The summed E-state index contributed by atoms with van der Waals surface area (Å²) in [6.45, 7) is 0. The van der Waals surface area contributed by atoms with Gasteiger partial charge in [-0.1, -0.05) is 41.4 Å². The molecule has 28 heavy (non-hydrogen) atoms. The first-order valence-corrected chi connectivity index (χ1v) is 8.54. The number of anilines is 1. The van der Waals surface area contributed by atoms with Gasteiger partial charge in [-0.2, -0.15) is 18.2 Å². The predicted molar refractivity (Wildman–Crippen MR) is 97.0 cm³/mol. The first kappa shape index (κ1) is 20.6. The van der Waals surface area contributed by atoms with Crippen LogP contribution in [0, 0.1) is 0 Å². The zero-order chi connectivity index (χ0) is 20.8. The normalized spacial score (nSPS) is 20.1. The number of hydrogen-bond acceptors (Lipinski definition) is 7. The molecule has 2 heterocycles. The molecule has 12 heteroatoms. The third kappa shape index (κ3) is 3.61. The highest BCUT2D eigenvalue weighted by Crippen LogP contribution is 2.38. The lowest BCUT2D eigenvalue weighted by atomic mass is 10.1. The second kappa shape index (κ2) is 7.37. The maximum Gasteiger partial charge on any atom is 0.493 e. The van der Waals surface area contributed by atoms with E-state index in [1.807, 2.05) is 0 Å². The minimum atomic E-state index is -5.22. The standard InChI is InChI=1S/C16H14Cl2F3N5O2/c1-25-12(22)8-5-6-10(7-3-2-4-9(17)11(7)18)24-13(8)26(15(25)23)28-14(27)16(19,20)21/h2-6,12,15H,22-23H2,1H3. The van der Waals surface area contributed by atoms with Gasteiger partial charge in [-0.15, -0.1) is 0 Å². The molecule has 7 nitrogen and oxygen atoms in total. The largest absolute Gasteiger partial charge is 0.493 e. The molecule has 0 saturated heterocycles. The Hall–Kier alpha value is -2.11. The van der Waals surface area contributed by atoms with Gasteiger partial charge in [0.25, 0.3) is 0 Å². The summed E-state index contributed by atoms with van der Waals surface area (Å²) in [6.07, 6.45) is -7.31. The van der Waals surface area contributed by atoms with E-state index in [4.69, 9.17) is 34.7 Å². The van der Waals surface area contributed by atoms with Crippen molar-refractivity contribution in [3.8, 4) is 11.3 Å². The molecule has 4 N–H and O–H groups in total. The summed E-state index contributed by atoms with van der Waals surface area (Å²) in [6, 6.07) is 7.95. The first-order valence-electron chi connectivity index (χ1n) is 7.79. The summed E-state index contributed by atoms with van der Waals surface area (Å²) in [5.74, 6) is -2.57. The molecule has 1 aromatic carbocycles. The van der Waals surface area contributed by atoms with Gasteiger partial charge in [0.15, 0.2) is 12.1 Å². The Bertz CT molecular complexity index is 928. The van der Waals surface area contributed by atoms with Gasteiger partial charge in [0, 0.05) is 11.1 Å². The van der Waals surface area contributed by atoms with Gasteiger partial charge in [-0.05, 0) is 19.2 Å². The van der Waals surface area contributed by atoms with E-state index < -0.39 is 24.6 Å². The molecule has 2 aromatic rings. The number of rotatable bonds is 2. The van der Waals surface area contributed by atoms with Gasteiger partial charge < -0.3 is 10.6 Å². The van der Waals surface area contributed by atoms with Crippen LogP contribution in [0.15, 0.2) is 30.3 Å². The number of halogens is 5. The van der Waals surface area contributed by atoms with Crippen LogP contribution in [0.25, 0.3) is 11.3 Å². The third-order valence-corrected chi connectivity index (χ3v) is 4.99. The summed E-state index contributed by atoms with van der Waals surface area (Å²) in [5.41, 5.74) is 13.0. The predicted octanol–water partition coefficient (Wildman–Crippen LogP) is 3.03. The number of pyridine rings is 1. The van der Waals surface area contributed by atoms with Crippen molar-refractivity contribution < 1.29 is 22.8 Å². The van der Waals surface area contributed by atoms with Crippen LogP contribution in [-0.4, -0.2) is 35.4 Å². The number of hydroxylamine groups is 1. The lowest BCUT2D eigenvalue weighted by Gasteiger charge is -2.42. The van der Waals surface area contributed by atoms with Crippen molar-refractivity contribution in [3.05, 3.63) is 45.9 Å². The Morgan fingerprint density at radius 2 is 1.89 bits per heavy atom. The second-order valence-electron chi connectivity index (χ2n) is 5.94. The highest BCUT2D eigenvalue weighted by molar-refractivity contribution is 6.43. The van der Waals surface area contributed by atoms with Crippen molar-refractivity contribution in [1.29, 1.82) is 0 Å². The summed E-state index contributed by atoms with van der Waals surface area (Å²) in [7, 11) is 1.47. The molecule has 1 aromatic heterocycles. The van der Waals surface area contributed by atoms with Crippen LogP contribution in [0.3, 0.4) is 0 Å². The maximum atomic E-state index is 12.7. The molecule has 0 saturated carbocycles. The number of fused-ring (bicyclic) bond motifs is 1. The minimum Gasteiger partial charge on any atom is -0.328 e. The molecule has 2 atom stereocenters. The first-order chi connectivity index (χ1) is 13.0. The van der Waals surface area contributed by atoms with E-state index in [9.17, 15) is 18.0 Å². The number of nitrogens with zero attached hydrogens (tertiary/aromatic N) is 3. The quantitative estimate of drug-likeness (QED) is 0.747. The van der Waals surface area contributed by atoms with E-state index in [2.05, 4.69) is 9.82 Å². The Balaban J connectivity index is 2.11. The highest BCUT2D eigenvalue weighted by Gasteiger charge is 2.46. The minimum absolute atomic E-state index is 0.135. The highest BCUT2D eigenvalue weighted by atomic mass is 35.5. The number of carbonyl (C=O) groups excluding carboxylic acids is 1. The number of benzene rings is 1. The van der Waals surface area contributed by atoms with E-state index in [-0.39, 0.29) is 21.6 Å². The molecular weight excluding hydrogens is 422 g/mol. The van der Waals surface area contributed by atoms with Crippen LogP contribution in [-0.2, 0) is 9.63 Å². The third-order valence-electron chi connectivity index (χ3n) is 4.17. The summed E-state index contributed by atoms with van der Waals surface area (Å²) >= 11 is 12.2. The average molecular weight is 436 g/mol. The van der Waals surface area contributed by atoms with Crippen LogP contribution in [0.5, 0.6) is 0 Å². The van der Waals surface area contributed by atoms with Gasteiger partial charge in [0.05, 0.1) is 21.9 Å². The summed E-state index contributed by atoms with van der Waals surface area (Å²) < 4.78 is 38.1. The maximum absolute atomic E-state index is 12.7. The summed E-state index contributed by atoms with van der Waals surface area (Å²) in [4.78, 5) is 21.5. The zero-order valence-electron chi connectivity index (χ0n) is 14.2. The number of hydrogen-bond donors (Lipinski definition) is 2. The smallest absolute Gasteiger partial charge is 0.328 e. The molecule has 150 valence electrons.